The van der Waals surface area contributed by atoms with Crippen molar-refractivity contribution in [2.24, 2.45) is 0 Å². The fraction of sp³-hybridized carbons (Fsp3) is 0.217. The first-order chi connectivity index (χ1) is 15.3. The van der Waals surface area contributed by atoms with Crippen molar-refractivity contribution in [3.05, 3.63) is 81.0 Å². The predicted octanol–water partition coefficient (Wildman–Crippen LogP) is 3.42. The van der Waals surface area contributed by atoms with Gasteiger partial charge in [0, 0.05) is 41.8 Å². The van der Waals surface area contributed by atoms with Crippen LogP contribution in [0, 0.1) is 6.92 Å². The number of hydrogen-bond donors (Lipinski definition) is 2. The number of sulfonamides is 1. The summed E-state index contributed by atoms with van der Waals surface area (Å²) in [6.45, 7) is 2.55. The van der Waals surface area contributed by atoms with E-state index in [2.05, 4.69) is 10.6 Å². The monoisotopic (exact) mass is 469 g/mol. The molecule has 2 aromatic carbocycles. The minimum atomic E-state index is -3.72. The van der Waals surface area contributed by atoms with Crippen LogP contribution < -0.4 is 10.6 Å². The number of rotatable bonds is 5. The third-order valence-corrected chi connectivity index (χ3v) is 8.33. The number of fused-ring (bicyclic) bond motifs is 1. The molecule has 3 aromatic rings. The van der Waals surface area contributed by atoms with Gasteiger partial charge in [-0.3, -0.25) is 9.59 Å². The van der Waals surface area contributed by atoms with Crippen LogP contribution in [-0.2, 0) is 23.0 Å². The number of nitrogens with one attached hydrogen (secondary N) is 2. The molecule has 0 atom stereocenters. The maximum absolute atomic E-state index is 13.2. The van der Waals surface area contributed by atoms with Crippen LogP contribution in [-0.4, -0.2) is 38.1 Å². The molecule has 4 rings (SSSR count). The highest BCUT2D eigenvalue weighted by Gasteiger charge is 2.29. The van der Waals surface area contributed by atoms with Gasteiger partial charge in [-0.05, 0) is 72.3 Å². The highest BCUT2D eigenvalue weighted by atomic mass is 32.2. The van der Waals surface area contributed by atoms with Crippen LogP contribution in [0.4, 0.5) is 5.69 Å². The molecule has 7 nitrogen and oxygen atoms in total. The van der Waals surface area contributed by atoms with E-state index in [1.807, 2.05) is 11.4 Å². The van der Waals surface area contributed by atoms with Crippen molar-refractivity contribution >= 4 is 38.9 Å². The topological polar surface area (TPSA) is 95.6 Å². The van der Waals surface area contributed by atoms with Crippen LogP contribution in [0.3, 0.4) is 0 Å². The highest BCUT2D eigenvalue weighted by Crippen LogP contribution is 2.28. The maximum Gasteiger partial charge on any atom is 0.255 e. The summed E-state index contributed by atoms with van der Waals surface area (Å²) >= 11 is 1.65. The zero-order valence-electron chi connectivity index (χ0n) is 17.7. The van der Waals surface area contributed by atoms with Crippen LogP contribution in [0.15, 0.2) is 58.8 Å². The number of carbonyl (C=O) groups is 2. The molecule has 32 heavy (non-hydrogen) atoms. The number of benzene rings is 2. The molecule has 0 aliphatic carbocycles. The highest BCUT2D eigenvalue weighted by molar-refractivity contribution is 7.89. The second-order valence-electron chi connectivity index (χ2n) is 7.55. The van der Waals surface area contributed by atoms with Crippen molar-refractivity contribution in [2.45, 2.75) is 24.8 Å². The Morgan fingerprint density at radius 2 is 1.81 bits per heavy atom. The van der Waals surface area contributed by atoms with E-state index in [-0.39, 0.29) is 16.4 Å². The fourth-order valence-electron chi connectivity index (χ4n) is 3.66. The number of carbonyl (C=O) groups excluding carboxylic acids is 2. The molecule has 0 unspecified atom stereocenters. The van der Waals surface area contributed by atoms with Gasteiger partial charge in [0.25, 0.3) is 11.8 Å². The van der Waals surface area contributed by atoms with E-state index in [1.54, 1.807) is 55.6 Å². The smallest absolute Gasteiger partial charge is 0.255 e. The van der Waals surface area contributed by atoms with Gasteiger partial charge in [-0.25, -0.2) is 8.42 Å². The Labute approximate surface area is 191 Å². The van der Waals surface area contributed by atoms with Crippen molar-refractivity contribution in [1.82, 2.24) is 9.62 Å². The van der Waals surface area contributed by atoms with Gasteiger partial charge in [0.05, 0.1) is 4.90 Å². The van der Waals surface area contributed by atoms with Gasteiger partial charge >= 0.3 is 0 Å². The lowest BCUT2D eigenvalue weighted by atomic mass is 10.1. The molecule has 0 spiro atoms. The lowest BCUT2D eigenvalue weighted by Gasteiger charge is -2.26. The average molecular weight is 470 g/mol. The van der Waals surface area contributed by atoms with E-state index >= 15 is 0 Å². The molecule has 9 heteroatoms. The summed E-state index contributed by atoms with van der Waals surface area (Å²) in [7, 11) is -2.17. The minimum Gasteiger partial charge on any atom is -0.355 e. The first-order valence-corrected chi connectivity index (χ1v) is 12.4. The molecule has 0 radical (unpaired) electrons. The Bertz CT molecular complexity index is 1300. The molecular formula is C23H23N3O4S2. The first kappa shape index (κ1) is 22.2. The van der Waals surface area contributed by atoms with Gasteiger partial charge in [0.2, 0.25) is 10.0 Å². The third kappa shape index (κ3) is 4.32. The largest absolute Gasteiger partial charge is 0.355 e. The summed E-state index contributed by atoms with van der Waals surface area (Å²) in [4.78, 5) is 25.9. The standard InChI is InChI=1S/C23H23N3O4S2/c1-15-12-17(22(27)24-2)6-7-20(15)25-23(28)16-4-3-5-19(13-16)32(29,30)26-10-8-21-18(14-26)9-11-31-21/h3-7,9,11-13H,8,10,14H2,1-2H3,(H,24,27)(H,25,28). The molecule has 0 saturated carbocycles. The zero-order chi connectivity index (χ0) is 22.9. The molecule has 2 amide bonds. The Hall–Kier alpha value is -3.01. The third-order valence-electron chi connectivity index (χ3n) is 5.47. The van der Waals surface area contributed by atoms with Crippen molar-refractivity contribution < 1.29 is 18.0 Å². The van der Waals surface area contributed by atoms with Crippen LogP contribution in [0.5, 0.6) is 0 Å². The molecule has 1 aliphatic rings. The number of anilines is 1. The van der Waals surface area contributed by atoms with E-state index < -0.39 is 15.9 Å². The average Bonchev–Trinajstić information content (AvgIpc) is 3.28. The van der Waals surface area contributed by atoms with Crippen molar-refractivity contribution in [2.75, 3.05) is 18.9 Å². The van der Waals surface area contributed by atoms with E-state index in [0.29, 0.717) is 30.8 Å². The number of amides is 2. The SMILES string of the molecule is CNC(=O)c1ccc(NC(=O)c2cccc(S(=O)(=O)N3CCc4sccc4C3)c2)c(C)c1. The molecule has 0 saturated heterocycles. The number of nitrogens with zero attached hydrogens (tertiary/aromatic N) is 1. The molecule has 2 N–H and O–H groups in total. The summed E-state index contributed by atoms with van der Waals surface area (Å²) < 4.78 is 27.9. The summed E-state index contributed by atoms with van der Waals surface area (Å²) in [5.41, 5.74) is 3.05. The summed E-state index contributed by atoms with van der Waals surface area (Å²) in [5, 5.41) is 7.34. The predicted molar refractivity (Wildman–Crippen MR) is 125 cm³/mol. The molecule has 1 aromatic heterocycles. The van der Waals surface area contributed by atoms with E-state index in [0.717, 1.165) is 11.1 Å². The van der Waals surface area contributed by atoms with E-state index in [4.69, 9.17) is 0 Å². The molecule has 166 valence electrons. The molecule has 2 heterocycles. The Balaban J connectivity index is 1.54. The van der Waals surface area contributed by atoms with Crippen LogP contribution >= 0.6 is 11.3 Å². The number of thiophene rings is 1. The lowest BCUT2D eigenvalue weighted by Crippen LogP contribution is -2.35. The summed E-state index contributed by atoms with van der Waals surface area (Å²) in [6, 6.07) is 13.0. The Morgan fingerprint density at radius 3 is 2.56 bits per heavy atom. The van der Waals surface area contributed by atoms with Gasteiger partial charge in [-0.2, -0.15) is 4.31 Å². The number of aryl methyl sites for hydroxylation is 1. The van der Waals surface area contributed by atoms with Crippen LogP contribution in [0.2, 0.25) is 0 Å². The van der Waals surface area contributed by atoms with Gasteiger partial charge in [0.1, 0.15) is 0 Å². The molecular weight excluding hydrogens is 446 g/mol. The minimum absolute atomic E-state index is 0.0931. The number of hydrogen-bond acceptors (Lipinski definition) is 5. The van der Waals surface area contributed by atoms with Crippen molar-refractivity contribution in [1.29, 1.82) is 0 Å². The lowest BCUT2D eigenvalue weighted by molar-refractivity contribution is 0.0962. The second-order valence-corrected chi connectivity index (χ2v) is 10.5. The van der Waals surface area contributed by atoms with E-state index in [9.17, 15) is 18.0 Å². The van der Waals surface area contributed by atoms with Crippen LogP contribution in [0.1, 0.15) is 36.7 Å². The molecule has 0 bridgehead atoms. The second kappa shape index (κ2) is 8.85. The molecule has 0 fully saturated rings. The van der Waals surface area contributed by atoms with Crippen molar-refractivity contribution in [3.8, 4) is 0 Å². The Kier molecular flexibility index (Phi) is 6.14. The normalized spacial score (nSPS) is 13.9. The molecule has 1 aliphatic heterocycles. The van der Waals surface area contributed by atoms with E-state index in [1.165, 1.54) is 21.3 Å². The zero-order valence-corrected chi connectivity index (χ0v) is 19.3. The Morgan fingerprint density at radius 1 is 1.03 bits per heavy atom. The van der Waals surface area contributed by atoms with Crippen molar-refractivity contribution in [3.63, 3.8) is 0 Å². The summed E-state index contributed by atoms with van der Waals surface area (Å²) in [5.74, 6) is -0.632. The quantitative estimate of drug-likeness (QED) is 0.599. The van der Waals surface area contributed by atoms with Gasteiger partial charge in [0.15, 0.2) is 0 Å². The van der Waals surface area contributed by atoms with Gasteiger partial charge in [-0.15, -0.1) is 11.3 Å². The van der Waals surface area contributed by atoms with Gasteiger partial charge in [-0.1, -0.05) is 6.07 Å². The maximum atomic E-state index is 13.2. The van der Waals surface area contributed by atoms with Gasteiger partial charge < -0.3 is 10.6 Å². The first-order valence-electron chi connectivity index (χ1n) is 10.1. The van der Waals surface area contributed by atoms with Crippen LogP contribution in [0.25, 0.3) is 0 Å². The fourth-order valence-corrected chi connectivity index (χ4v) is 6.01. The summed E-state index contributed by atoms with van der Waals surface area (Å²) in [6.07, 6.45) is 0.692.